The highest BCUT2D eigenvalue weighted by Gasteiger charge is 2.37. The van der Waals surface area contributed by atoms with Crippen LogP contribution in [0.1, 0.15) is 31.2 Å². The van der Waals surface area contributed by atoms with Gasteiger partial charge in [0.25, 0.3) is 0 Å². The highest BCUT2D eigenvalue weighted by Crippen LogP contribution is 2.36. The van der Waals surface area contributed by atoms with Crippen LogP contribution < -0.4 is 4.74 Å². The number of fused-ring (bicyclic) bond motifs is 1. The molecule has 136 valence electrons. The number of hydrogen-bond donors (Lipinski definition) is 0. The van der Waals surface area contributed by atoms with Gasteiger partial charge in [0, 0.05) is 38.6 Å². The maximum absolute atomic E-state index is 12.9. The van der Waals surface area contributed by atoms with Crippen LogP contribution in [0.5, 0.6) is 5.75 Å². The van der Waals surface area contributed by atoms with Gasteiger partial charge in [-0.25, -0.2) is 0 Å². The normalized spacial score (nSPS) is 30.0. The first-order chi connectivity index (χ1) is 12.2. The largest absolute Gasteiger partial charge is 0.493 e. The van der Waals surface area contributed by atoms with Crippen LogP contribution in [0.25, 0.3) is 0 Å². The lowest BCUT2D eigenvalue weighted by Crippen LogP contribution is -2.47. The zero-order valence-electron chi connectivity index (χ0n) is 15.0. The van der Waals surface area contributed by atoms with E-state index >= 15 is 0 Å². The molecule has 1 amide bonds. The molecule has 0 saturated carbocycles. The minimum Gasteiger partial charge on any atom is -0.493 e. The first kappa shape index (κ1) is 16.9. The van der Waals surface area contributed by atoms with Crippen LogP contribution in [0.15, 0.2) is 24.3 Å². The Morgan fingerprint density at radius 3 is 2.80 bits per heavy atom. The van der Waals surface area contributed by atoms with Gasteiger partial charge in [0.15, 0.2) is 0 Å². The fourth-order valence-corrected chi connectivity index (χ4v) is 4.51. The molecule has 0 N–H and O–H groups in total. The maximum atomic E-state index is 12.9. The van der Waals surface area contributed by atoms with Gasteiger partial charge in [-0.2, -0.15) is 0 Å². The smallest absolute Gasteiger partial charge is 0.223 e. The lowest BCUT2D eigenvalue weighted by molar-refractivity contribution is -0.131. The molecule has 0 aromatic heterocycles. The van der Waals surface area contributed by atoms with Gasteiger partial charge in [-0.3, -0.25) is 9.69 Å². The van der Waals surface area contributed by atoms with Crippen molar-refractivity contribution in [2.75, 3.05) is 46.0 Å². The van der Waals surface area contributed by atoms with Gasteiger partial charge in [0.1, 0.15) is 5.75 Å². The van der Waals surface area contributed by atoms with Crippen molar-refractivity contribution in [3.8, 4) is 5.75 Å². The fraction of sp³-hybridized carbons (Fsp3) is 0.650. The van der Waals surface area contributed by atoms with Crippen molar-refractivity contribution in [1.29, 1.82) is 0 Å². The summed E-state index contributed by atoms with van der Waals surface area (Å²) in [5.74, 6) is 2.07. The fourth-order valence-electron chi connectivity index (χ4n) is 4.51. The number of para-hydroxylation sites is 1. The second-order valence-electron chi connectivity index (χ2n) is 7.57. The highest BCUT2D eigenvalue weighted by molar-refractivity contribution is 5.77. The summed E-state index contributed by atoms with van der Waals surface area (Å²) in [5, 5.41) is 0. The van der Waals surface area contributed by atoms with Gasteiger partial charge in [-0.05, 0) is 29.9 Å². The molecule has 3 unspecified atom stereocenters. The summed E-state index contributed by atoms with van der Waals surface area (Å²) in [4.78, 5) is 17.5. The molecule has 1 aromatic rings. The Bertz CT molecular complexity index is 615. The van der Waals surface area contributed by atoms with E-state index in [1.165, 1.54) is 5.56 Å². The minimum atomic E-state index is 0.287. The molecule has 25 heavy (non-hydrogen) atoms. The average molecular weight is 344 g/mol. The van der Waals surface area contributed by atoms with E-state index in [9.17, 15) is 4.79 Å². The van der Waals surface area contributed by atoms with E-state index in [0.29, 0.717) is 30.9 Å². The molecule has 5 heteroatoms. The van der Waals surface area contributed by atoms with Gasteiger partial charge in [0.05, 0.1) is 19.8 Å². The monoisotopic (exact) mass is 344 g/mol. The van der Waals surface area contributed by atoms with Gasteiger partial charge in [-0.15, -0.1) is 0 Å². The van der Waals surface area contributed by atoms with Crippen LogP contribution >= 0.6 is 0 Å². The number of rotatable bonds is 3. The number of carbonyl (C=O) groups is 1. The van der Waals surface area contributed by atoms with E-state index < -0.39 is 0 Å². The number of carbonyl (C=O) groups excluding carboxylic acids is 1. The number of benzene rings is 1. The molecule has 3 atom stereocenters. The van der Waals surface area contributed by atoms with Crippen LogP contribution in [0.3, 0.4) is 0 Å². The van der Waals surface area contributed by atoms with Gasteiger partial charge in [0.2, 0.25) is 5.91 Å². The van der Waals surface area contributed by atoms with Gasteiger partial charge < -0.3 is 14.4 Å². The first-order valence-corrected chi connectivity index (χ1v) is 9.53. The third-order valence-corrected chi connectivity index (χ3v) is 5.94. The third kappa shape index (κ3) is 3.53. The van der Waals surface area contributed by atoms with Crippen LogP contribution in [0, 0.1) is 5.92 Å². The lowest BCUT2D eigenvalue weighted by atomic mass is 9.90. The Morgan fingerprint density at radius 2 is 1.96 bits per heavy atom. The zero-order chi connectivity index (χ0) is 17.2. The van der Waals surface area contributed by atoms with Crippen LogP contribution in [0.2, 0.25) is 0 Å². The number of likely N-dealkylation sites (tertiary alicyclic amines) is 1. The molecule has 3 aliphatic heterocycles. The van der Waals surface area contributed by atoms with Crippen molar-refractivity contribution in [3.63, 3.8) is 0 Å². The second-order valence-corrected chi connectivity index (χ2v) is 7.57. The Morgan fingerprint density at radius 1 is 1.16 bits per heavy atom. The summed E-state index contributed by atoms with van der Waals surface area (Å²) >= 11 is 0. The number of hydrogen-bond acceptors (Lipinski definition) is 4. The molecule has 3 heterocycles. The molecule has 0 spiro atoms. The Hall–Kier alpha value is -1.59. The molecule has 0 aliphatic carbocycles. The quantitative estimate of drug-likeness (QED) is 0.842. The summed E-state index contributed by atoms with van der Waals surface area (Å²) in [6.07, 6.45) is 1.53. The van der Waals surface area contributed by atoms with Crippen LogP contribution in [-0.2, 0) is 9.53 Å². The van der Waals surface area contributed by atoms with Crippen molar-refractivity contribution in [1.82, 2.24) is 9.80 Å². The summed E-state index contributed by atoms with van der Waals surface area (Å²) in [6.45, 7) is 8.34. The maximum Gasteiger partial charge on any atom is 0.223 e. The predicted octanol–water partition coefficient (Wildman–Crippen LogP) is 2.12. The lowest BCUT2D eigenvalue weighted by Gasteiger charge is -2.34. The summed E-state index contributed by atoms with van der Waals surface area (Å²) in [7, 11) is 0. The predicted molar refractivity (Wildman–Crippen MR) is 95.8 cm³/mol. The molecule has 2 saturated heterocycles. The number of ether oxygens (including phenoxy) is 2. The third-order valence-electron chi connectivity index (χ3n) is 5.94. The molecule has 4 rings (SSSR count). The topological polar surface area (TPSA) is 42.0 Å². The van der Waals surface area contributed by atoms with Crippen LogP contribution in [0.4, 0.5) is 0 Å². The molecule has 1 aromatic carbocycles. The van der Waals surface area contributed by atoms with Crippen molar-refractivity contribution in [3.05, 3.63) is 29.8 Å². The van der Waals surface area contributed by atoms with E-state index in [-0.39, 0.29) is 5.92 Å². The van der Waals surface area contributed by atoms with Crippen molar-refractivity contribution >= 4 is 5.91 Å². The van der Waals surface area contributed by atoms with Crippen molar-refractivity contribution in [2.24, 2.45) is 5.92 Å². The van der Waals surface area contributed by atoms with Crippen molar-refractivity contribution in [2.45, 2.75) is 31.7 Å². The number of morpholine rings is 1. The molecule has 2 fully saturated rings. The van der Waals surface area contributed by atoms with Gasteiger partial charge in [-0.1, -0.05) is 25.1 Å². The van der Waals surface area contributed by atoms with E-state index in [2.05, 4.69) is 22.8 Å². The summed E-state index contributed by atoms with van der Waals surface area (Å²) in [5.41, 5.74) is 1.19. The summed E-state index contributed by atoms with van der Waals surface area (Å²) in [6, 6.07) is 8.64. The average Bonchev–Trinajstić information content (AvgIpc) is 3.05. The Balaban J connectivity index is 1.39. The standard InChI is InChI=1S/C20H28N2O3/c1-15-13-22(14-18(15)21-7-10-24-11-8-21)20(23)12-16-6-9-25-19-5-3-2-4-17(16)19/h2-5,15-16,18H,6-14H2,1H3. The molecule has 3 aliphatic rings. The minimum absolute atomic E-state index is 0.287. The SMILES string of the molecule is CC1CN(C(=O)CC2CCOc3ccccc32)CC1N1CCOCC1. The second kappa shape index (κ2) is 7.34. The number of nitrogens with zero attached hydrogens (tertiary/aromatic N) is 2. The zero-order valence-corrected chi connectivity index (χ0v) is 15.0. The molecular weight excluding hydrogens is 316 g/mol. The summed E-state index contributed by atoms with van der Waals surface area (Å²) < 4.78 is 11.2. The van der Waals surface area contributed by atoms with Crippen LogP contribution in [-0.4, -0.2) is 67.7 Å². The molecule has 5 nitrogen and oxygen atoms in total. The van der Waals surface area contributed by atoms with E-state index in [0.717, 1.165) is 51.6 Å². The molecule has 0 bridgehead atoms. The highest BCUT2D eigenvalue weighted by atomic mass is 16.5. The Labute approximate surface area is 149 Å². The molecular formula is C20H28N2O3. The van der Waals surface area contributed by atoms with Crippen molar-refractivity contribution < 1.29 is 14.3 Å². The van der Waals surface area contributed by atoms with E-state index in [1.807, 2.05) is 18.2 Å². The van der Waals surface area contributed by atoms with E-state index in [1.54, 1.807) is 0 Å². The first-order valence-electron chi connectivity index (χ1n) is 9.53. The Kier molecular flexibility index (Phi) is 4.95. The molecule has 0 radical (unpaired) electrons. The van der Waals surface area contributed by atoms with E-state index in [4.69, 9.17) is 9.47 Å². The number of amides is 1. The van der Waals surface area contributed by atoms with Gasteiger partial charge >= 0.3 is 0 Å².